The first kappa shape index (κ1) is 22.4. The minimum atomic E-state index is -3.58. The van der Waals surface area contributed by atoms with Crippen molar-refractivity contribution in [2.45, 2.75) is 31.2 Å². The highest BCUT2D eigenvalue weighted by Crippen LogP contribution is 2.25. The predicted octanol–water partition coefficient (Wildman–Crippen LogP) is 1.78. The lowest BCUT2D eigenvalue weighted by molar-refractivity contribution is -0.119. The molecule has 1 atom stereocenters. The van der Waals surface area contributed by atoms with Crippen molar-refractivity contribution < 1.29 is 18.0 Å². The number of carbonyl (C=O) groups excluding carboxylic acids is 2. The number of amides is 2. The number of nitrogens with zero attached hydrogens (tertiary/aromatic N) is 3. The van der Waals surface area contributed by atoms with E-state index in [1.165, 1.54) is 33.6 Å². The maximum atomic E-state index is 12.7. The van der Waals surface area contributed by atoms with Crippen molar-refractivity contribution in [3.05, 3.63) is 54.6 Å². The zero-order chi connectivity index (χ0) is 22.6. The first-order chi connectivity index (χ1) is 14.8. The van der Waals surface area contributed by atoms with Crippen LogP contribution in [0.3, 0.4) is 0 Å². The van der Waals surface area contributed by atoms with Crippen molar-refractivity contribution in [3.63, 3.8) is 0 Å². The number of nitrogens with one attached hydrogen (secondary N) is 1. The monoisotopic (exact) mass is 443 g/mol. The number of carbonyl (C=O) groups is 2. The lowest BCUT2D eigenvalue weighted by Crippen LogP contribution is -2.39. The van der Waals surface area contributed by atoms with Gasteiger partial charge in [-0.2, -0.15) is 9.41 Å². The van der Waals surface area contributed by atoms with Gasteiger partial charge in [-0.25, -0.2) is 8.42 Å². The topological polar surface area (TPSA) is 125 Å². The van der Waals surface area contributed by atoms with E-state index in [0.717, 1.165) is 0 Å². The molecule has 0 fully saturated rings. The van der Waals surface area contributed by atoms with Crippen molar-refractivity contribution in [2.75, 3.05) is 23.4 Å². The molecule has 31 heavy (non-hydrogen) atoms. The summed E-state index contributed by atoms with van der Waals surface area (Å²) in [6, 6.07) is 14.2. The number of anilines is 2. The Bertz CT molecular complexity index is 1080. The average Bonchev–Trinajstić information content (AvgIpc) is 3.21. The largest absolute Gasteiger partial charge is 0.368 e. The van der Waals surface area contributed by atoms with Crippen LogP contribution in [-0.2, 0) is 19.6 Å². The number of benzene rings is 2. The molecule has 0 aromatic heterocycles. The van der Waals surface area contributed by atoms with Gasteiger partial charge in [0.05, 0.1) is 10.6 Å². The van der Waals surface area contributed by atoms with Gasteiger partial charge in [0.2, 0.25) is 15.9 Å². The minimum absolute atomic E-state index is 0.0739. The SMILES string of the molecule is CCN(CC)S(=O)(=O)c1ccc(NC(=O)C2=NN(c3ccccc3)C(C(N)=O)C2)cc1. The van der Waals surface area contributed by atoms with Crippen LogP contribution in [0.15, 0.2) is 64.6 Å². The molecular weight excluding hydrogens is 418 g/mol. The number of nitrogens with two attached hydrogens (primary N) is 1. The number of sulfonamides is 1. The lowest BCUT2D eigenvalue weighted by Gasteiger charge is -2.20. The van der Waals surface area contributed by atoms with Crippen LogP contribution in [0.2, 0.25) is 0 Å². The molecule has 1 unspecified atom stereocenters. The minimum Gasteiger partial charge on any atom is -0.368 e. The molecule has 1 aliphatic rings. The molecule has 0 aliphatic carbocycles. The highest BCUT2D eigenvalue weighted by Gasteiger charge is 2.35. The molecule has 0 spiro atoms. The molecule has 3 N–H and O–H groups in total. The maximum Gasteiger partial charge on any atom is 0.271 e. The Labute approximate surface area is 181 Å². The smallest absolute Gasteiger partial charge is 0.271 e. The third kappa shape index (κ3) is 4.75. The molecule has 2 aromatic rings. The highest BCUT2D eigenvalue weighted by molar-refractivity contribution is 7.89. The van der Waals surface area contributed by atoms with Gasteiger partial charge in [0.25, 0.3) is 5.91 Å². The van der Waals surface area contributed by atoms with E-state index < -0.39 is 27.9 Å². The van der Waals surface area contributed by atoms with Crippen LogP contribution < -0.4 is 16.1 Å². The zero-order valence-electron chi connectivity index (χ0n) is 17.4. The number of primary amides is 1. The molecule has 1 aliphatic heterocycles. The van der Waals surface area contributed by atoms with E-state index in [1.54, 1.807) is 38.1 Å². The molecule has 0 bridgehead atoms. The van der Waals surface area contributed by atoms with E-state index >= 15 is 0 Å². The number of hydrazone groups is 1. The second kappa shape index (κ2) is 9.27. The lowest BCUT2D eigenvalue weighted by atomic mass is 10.1. The molecule has 1 heterocycles. The van der Waals surface area contributed by atoms with Crippen LogP contribution in [0.4, 0.5) is 11.4 Å². The van der Waals surface area contributed by atoms with Crippen molar-refractivity contribution in [1.82, 2.24) is 4.31 Å². The molecule has 2 aromatic carbocycles. The Morgan fingerprint density at radius 3 is 2.26 bits per heavy atom. The van der Waals surface area contributed by atoms with E-state index in [0.29, 0.717) is 24.5 Å². The van der Waals surface area contributed by atoms with E-state index in [-0.39, 0.29) is 17.0 Å². The van der Waals surface area contributed by atoms with Crippen molar-refractivity contribution >= 4 is 38.9 Å². The van der Waals surface area contributed by atoms with Gasteiger partial charge in [-0.15, -0.1) is 0 Å². The maximum absolute atomic E-state index is 12.7. The molecule has 9 nitrogen and oxygen atoms in total. The fourth-order valence-corrected chi connectivity index (χ4v) is 4.77. The zero-order valence-corrected chi connectivity index (χ0v) is 18.2. The Morgan fingerprint density at radius 2 is 1.71 bits per heavy atom. The second-order valence-electron chi connectivity index (χ2n) is 6.92. The summed E-state index contributed by atoms with van der Waals surface area (Å²) in [5, 5.41) is 8.43. The highest BCUT2D eigenvalue weighted by atomic mass is 32.2. The molecule has 0 saturated heterocycles. The van der Waals surface area contributed by atoms with Gasteiger partial charge < -0.3 is 11.1 Å². The summed E-state index contributed by atoms with van der Waals surface area (Å²) in [5.41, 5.74) is 6.73. The summed E-state index contributed by atoms with van der Waals surface area (Å²) < 4.78 is 26.5. The molecule has 3 rings (SSSR count). The summed E-state index contributed by atoms with van der Waals surface area (Å²) in [6.45, 7) is 4.29. The third-order valence-corrected chi connectivity index (χ3v) is 7.04. The Morgan fingerprint density at radius 1 is 1.10 bits per heavy atom. The van der Waals surface area contributed by atoms with Crippen LogP contribution in [-0.4, -0.2) is 49.4 Å². The van der Waals surface area contributed by atoms with Crippen LogP contribution in [0, 0.1) is 0 Å². The summed E-state index contributed by atoms with van der Waals surface area (Å²) >= 11 is 0. The Hall–Kier alpha value is -3.24. The third-order valence-electron chi connectivity index (χ3n) is 4.98. The summed E-state index contributed by atoms with van der Waals surface area (Å²) in [5.74, 6) is -1.06. The fourth-order valence-electron chi connectivity index (χ4n) is 3.31. The van der Waals surface area contributed by atoms with Crippen molar-refractivity contribution in [2.24, 2.45) is 10.8 Å². The van der Waals surface area contributed by atoms with Crippen LogP contribution in [0.25, 0.3) is 0 Å². The Kier molecular flexibility index (Phi) is 6.71. The molecule has 164 valence electrons. The molecule has 2 amide bonds. The number of hydrogen-bond acceptors (Lipinski definition) is 6. The van der Waals surface area contributed by atoms with Gasteiger partial charge in [0.15, 0.2) is 0 Å². The fraction of sp³-hybridized carbons (Fsp3) is 0.286. The summed E-state index contributed by atoms with van der Waals surface area (Å²) in [4.78, 5) is 24.7. The van der Waals surface area contributed by atoms with Crippen LogP contribution >= 0.6 is 0 Å². The predicted molar refractivity (Wildman–Crippen MR) is 119 cm³/mol. The number of rotatable bonds is 8. The van der Waals surface area contributed by atoms with E-state index in [4.69, 9.17) is 5.73 Å². The van der Waals surface area contributed by atoms with Gasteiger partial charge in [-0.05, 0) is 36.4 Å². The molecule has 0 radical (unpaired) electrons. The molecule has 0 saturated carbocycles. The van der Waals surface area contributed by atoms with Gasteiger partial charge >= 0.3 is 0 Å². The van der Waals surface area contributed by atoms with Crippen molar-refractivity contribution in [3.8, 4) is 0 Å². The number of hydrogen-bond donors (Lipinski definition) is 2. The van der Waals surface area contributed by atoms with E-state index in [9.17, 15) is 18.0 Å². The standard InChI is InChI=1S/C21H25N5O4S/c1-3-25(4-2)31(29,30)17-12-10-15(11-13-17)23-21(28)18-14-19(20(22)27)26(24-18)16-8-6-5-7-9-16/h5-13,19H,3-4,14H2,1-2H3,(H2,22,27)(H,23,28). The van der Waals surface area contributed by atoms with Gasteiger partial charge in [0, 0.05) is 25.2 Å². The first-order valence-electron chi connectivity index (χ1n) is 9.90. The molecular formula is C21H25N5O4S. The van der Waals surface area contributed by atoms with Crippen LogP contribution in [0.5, 0.6) is 0 Å². The molecule has 10 heteroatoms. The van der Waals surface area contributed by atoms with E-state index in [2.05, 4.69) is 10.4 Å². The van der Waals surface area contributed by atoms with E-state index in [1.807, 2.05) is 6.07 Å². The van der Waals surface area contributed by atoms with Gasteiger partial charge in [-0.3, -0.25) is 14.6 Å². The average molecular weight is 444 g/mol. The summed E-state index contributed by atoms with van der Waals surface area (Å²) in [6.07, 6.45) is 0.0739. The first-order valence-corrected chi connectivity index (χ1v) is 11.3. The van der Waals surface area contributed by atoms with Crippen molar-refractivity contribution in [1.29, 1.82) is 0 Å². The second-order valence-corrected chi connectivity index (χ2v) is 8.85. The van der Waals surface area contributed by atoms with Gasteiger partial charge in [0.1, 0.15) is 11.8 Å². The summed E-state index contributed by atoms with van der Waals surface area (Å²) in [7, 11) is -3.58. The van der Waals surface area contributed by atoms with Crippen LogP contribution in [0.1, 0.15) is 20.3 Å². The normalized spacial score (nSPS) is 16.3. The van der Waals surface area contributed by atoms with Gasteiger partial charge in [-0.1, -0.05) is 32.0 Å². The number of para-hydroxylation sites is 1. The quantitative estimate of drug-likeness (QED) is 0.643. The Balaban J connectivity index is 1.76.